The highest BCUT2D eigenvalue weighted by Crippen LogP contribution is 1.97. The first kappa shape index (κ1) is 25.0. The van der Waals surface area contributed by atoms with Crippen molar-refractivity contribution in [1.29, 1.82) is 0 Å². The SMILES string of the molecule is C=CC(=O)O.CC(O)COC(C)COC(C)CO.COC. The van der Waals surface area contributed by atoms with Gasteiger partial charge in [0.1, 0.15) is 0 Å². The quantitative estimate of drug-likeness (QED) is 0.566. The molecule has 0 heterocycles. The smallest absolute Gasteiger partial charge is 0.327 e. The summed E-state index contributed by atoms with van der Waals surface area (Å²) < 4.78 is 14.7. The van der Waals surface area contributed by atoms with Crippen molar-refractivity contribution in [1.82, 2.24) is 0 Å². The Morgan fingerprint density at radius 1 is 1.14 bits per heavy atom. The number of methoxy groups -OCH3 is 1. The van der Waals surface area contributed by atoms with Gasteiger partial charge < -0.3 is 29.5 Å². The Kier molecular flexibility index (Phi) is 22.6. The van der Waals surface area contributed by atoms with Crippen molar-refractivity contribution in [3.8, 4) is 0 Å². The fraction of sp³-hybridized carbons (Fsp3) is 0.786. The van der Waals surface area contributed by atoms with Crippen molar-refractivity contribution in [2.75, 3.05) is 34.0 Å². The van der Waals surface area contributed by atoms with Crippen molar-refractivity contribution in [2.45, 2.75) is 39.1 Å². The molecule has 0 aromatic heterocycles. The lowest BCUT2D eigenvalue weighted by Crippen LogP contribution is -2.24. The van der Waals surface area contributed by atoms with Crippen LogP contribution in [-0.2, 0) is 19.0 Å². The zero-order chi connectivity index (χ0) is 17.3. The van der Waals surface area contributed by atoms with Gasteiger partial charge in [-0.15, -0.1) is 0 Å². The van der Waals surface area contributed by atoms with Crippen LogP contribution >= 0.6 is 0 Å². The van der Waals surface area contributed by atoms with Gasteiger partial charge in [-0.25, -0.2) is 4.79 Å². The average Bonchev–Trinajstić information content (AvgIpc) is 2.43. The summed E-state index contributed by atoms with van der Waals surface area (Å²) in [6, 6.07) is 0. The van der Waals surface area contributed by atoms with Crippen molar-refractivity contribution in [3.63, 3.8) is 0 Å². The first-order valence-corrected chi connectivity index (χ1v) is 6.52. The maximum Gasteiger partial charge on any atom is 0.327 e. The van der Waals surface area contributed by atoms with E-state index in [1.165, 1.54) is 0 Å². The second-order valence-electron chi connectivity index (χ2n) is 4.27. The summed E-state index contributed by atoms with van der Waals surface area (Å²) in [5, 5.41) is 25.2. The highest BCUT2D eigenvalue weighted by molar-refractivity contribution is 5.78. The van der Waals surface area contributed by atoms with E-state index >= 15 is 0 Å². The van der Waals surface area contributed by atoms with E-state index in [2.05, 4.69) is 11.3 Å². The Labute approximate surface area is 127 Å². The summed E-state index contributed by atoms with van der Waals surface area (Å²) in [6.45, 7) is 9.07. The lowest BCUT2D eigenvalue weighted by Gasteiger charge is -2.16. The van der Waals surface area contributed by atoms with Gasteiger partial charge in [0.2, 0.25) is 0 Å². The first-order valence-electron chi connectivity index (χ1n) is 6.52. The van der Waals surface area contributed by atoms with E-state index in [9.17, 15) is 4.79 Å². The number of carboxylic acid groups (broad SMARTS) is 1. The summed E-state index contributed by atoms with van der Waals surface area (Å²) in [7, 11) is 3.25. The zero-order valence-corrected chi connectivity index (χ0v) is 13.6. The van der Waals surface area contributed by atoms with Gasteiger partial charge in [-0.05, 0) is 20.8 Å². The number of hydrogen-bond acceptors (Lipinski definition) is 6. The van der Waals surface area contributed by atoms with Gasteiger partial charge in [0.05, 0.1) is 38.1 Å². The number of ether oxygens (including phenoxy) is 3. The van der Waals surface area contributed by atoms with Gasteiger partial charge in [-0.3, -0.25) is 0 Å². The molecule has 0 rings (SSSR count). The Morgan fingerprint density at radius 2 is 1.52 bits per heavy atom. The van der Waals surface area contributed by atoms with Crippen molar-refractivity contribution in [2.24, 2.45) is 0 Å². The monoisotopic (exact) mass is 310 g/mol. The second-order valence-corrected chi connectivity index (χ2v) is 4.27. The first-order chi connectivity index (χ1) is 9.74. The number of aliphatic hydroxyl groups excluding tert-OH is 2. The molecule has 128 valence electrons. The van der Waals surface area contributed by atoms with Crippen LogP contribution in [0.25, 0.3) is 0 Å². The molecule has 0 aliphatic rings. The molecule has 3 atom stereocenters. The molecular formula is C14H30O7. The molecule has 0 aliphatic carbocycles. The minimum atomic E-state index is -0.981. The Morgan fingerprint density at radius 3 is 1.81 bits per heavy atom. The van der Waals surface area contributed by atoms with Gasteiger partial charge in [0.15, 0.2) is 0 Å². The van der Waals surface area contributed by atoms with Crippen LogP contribution in [0.2, 0.25) is 0 Å². The fourth-order valence-electron chi connectivity index (χ4n) is 0.704. The predicted molar refractivity (Wildman–Crippen MR) is 80.4 cm³/mol. The van der Waals surface area contributed by atoms with E-state index in [-0.39, 0.29) is 18.8 Å². The number of aliphatic carboxylic acids is 1. The van der Waals surface area contributed by atoms with E-state index in [1.807, 2.05) is 6.92 Å². The molecule has 3 N–H and O–H groups in total. The summed E-state index contributed by atoms with van der Waals surface area (Å²) in [6.07, 6.45) is 0.180. The molecule has 0 aliphatic heterocycles. The summed E-state index contributed by atoms with van der Waals surface area (Å²) in [4.78, 5) is 9.25. The molecule has 3 unspecified atom stereocenters. The lowest BCUT2D eigenvalue weighted by molar-refractivity contribution is -0.131. The molecule has 0 amide bonds. The Balaban J connectivity index is -0.000000335. The molecule has 0 aromatic rings. The van der Waals surface area contributed by atoms with E-state index in [4.69, 9.17) is 24.8 Å². The van der Waals surface area contributed by atoms with Crippen LogP contribution in [0.4, 0.5) is 0 Å². The van der Waals surface area contributed by atoms with Crippen molar-refractivity contribution >= 4 is 5.97 Å². The van der Waals surface area contributed by atoms with Crippen LogP contribution in [0.15, 0.2) is 12.7 Å². The molecule has 0 spiro atoms. The largest absolute Gasteiger partial charge is 0.478 e. The van der Waals surface area contributed by atoms with Crippen molar-refractivity contribution in [3.05, 3.63) is 12.7 Å². The van der Waals surface area contributed by atoms with Crippen LogP contribution < -0.4 is 0 Å². The standard InChI is InChI=1S/C9H20O4.C3H4O2.C2H6O/c1-7(11)5-12-9(3)6-13-8(2)4-10;1-2-3(4)5;1-3-2/h7-11H,4-6H2,1-3H3;2H,1H2,(H,4,5);1-2H3. The molecule has 7 nitrogen and oxygen atoms in total. The summed E-state index contributed by atoms with van der Waals surface area (Å²) in [5.41, 5.74) is 0. The maximum atomic E-state index is 9.25. The van der Waals surface area contributed by atoms with Gasteiger partial charge in [-0.2, -0.15) is 0 Å². The number of rotatable bonds is 8. The normalized spacial score (nSPS) is 13.7. The van der Waals surface area contributed by atoms with Crippen molar-refractivity contribution < 1.29 is 34.3 Å². The number of hydrogen-bond donors (Lipinski definition) is 3. The summed E-state index contributed by atoms with van der Waals surface area (Å²) in [5.74, 6) is -0.981. The van der Waals surface area contributed by atoms with E-state index < -0.39 is 12.1 Å². The van der Waals surface area contributed by atoms with Gasteiger partial charge >= 0.3 is 5.97 Å². The highest BCUT2D eigenvalue weighted by atomic mass is 16.5. The van der Waals surface area contributed by atoms with Crippen LogP contribution in [-0.4, -0.2) is 73.6 Å². The van der Waals surface area contributed by atoms with Crippen LogP contribution in [0.5, 0.6) is 0 Å². The van der Waals surface area contributed by atoms with E-state index in [1.54, 1.807) is 28.1 Å². The lowest BCUT2D eigenvalue weighted by atomic mass is 10.4. The number of carboxylic acids is 1. The molecule has 0 radical (unpaired) electrons. The fourth-order valence-corrected chi connectivity index (χ4v) is 0.704. The second kappa shape index (κ2) is 19.0. The van der Waals surface area contributed by atoms with Gasteiger partial charge in [0, 0.05) is 20.3 Å². The summed E-state index contributed by atoms with van der Waals surface area (Å²) >= 11 is 0. The molecule has 21 heavy (non-hydrogen) atoms. The minimum absolute atomic E-state index is 0.0170. The van der Waals surface area contributed by atoms with E-state index in [0.717, 1.165) is 6.08 Å². The predicted octanol–water partition coefficient (Wildman–Crippen LogP) is 0.689. The van der Waals surface area contributed by atoms with Gasteiger partial charge in [-0.1, -0.05) is 6.58 Å². The Bertz CT molecular complexity index is 231. The number of carbonyl (C=O) groups is 1. The molecule has 7 heteroatoms. The molecular weight excluding hydrogens is 280 g/mol. The van der Waals surface area contributed by atoms with E-state index in [0.29, 0.717) is 13.2 Å². The topological polar surface area (TPSA) is 105 Å². The molecule has 0 fully saturated rings. The number of aliphatic hydroxyl groups is 2. The van der Waals surface area contributed by atoms with Crippen LogP contribution in [0, 0.1) is 0 Å². The molecule has 0 bridgehead atoms. The van der Waals surface area contributed by atoms with Crippen LogP contribution in [0.1, 0.15) is 20.8 Å². The average molecular weight is 310 g/mol. The third-order valence-corrected chi connectivity index (χ3v) is 1.67. The third kappa shape index (κ3) is 32.5. The Hall–Kier alpha value is -0.990. The zero-order valence-electron chi connectivity index (χ0n) is 13.6. The minimum Gasteiger partial charge on any atom is -0.478 e. The molecule has 0 saturated carbocycles. The molecule has 0 aromatic carbocycles. The highest BCUT2D eigenvalue weighted by Gasteiger charge is 2.06. The molecule has 0 saturated heterocycles. The van der Waals surface area contributed by atoms with Gasteiger partial charge in [0.25, 0.3) is 0 Å². The third-order valence-electron chi connectivity index (χ3n) is 1.67. The van der Waals surface area contributed by atoms with Crippen LogP contribution in [0.3, 0.4) is 0 Å². The maximum absolute atomic E-state index is 9.25.